The molecule has 0 aromatic heterocycles. The zero-order chi connectivity index (χ0) is 19.1. The van der Waals surface area contributed by atoms with Crippen molar-refractivity contribution in [3.8, 4) is 11.8 Å². The van der Waals surface area contributed by atoms with Gasteiger partial charge in [-0.15, -0.1) is 0 Å². The van der Waals surface area contributed by atoms with Crippen molar-refractivity contribution in [1.82, 2.24) is 0 Å². The van der Waals surface area contributed by atoms with Crippen molar-refractivity contribution in [2.24, 2.45) is 0 Å². The topological polar surface area (TPSA) is 120 Å². The summed E-state index contributed by atoms with van der Waals surface area (Å²) in [6.07, 6.45) is 1.27. The van der Waals surface area contributed by atoms with E-state index in [4.69, 9.17) is 10.00 Å². The Balaban J connectivity index is 2.28. The molecule has 0 aliphatic carbocycles. The van der Waals surface area contributed by atoms with Crippen LogP contribution in [0.3, 0.4) is 0 Å². The van der Waals surface area contributed by atoms with E-state index in [1.54, 1.807) is 18.2 Å². The molecular weight excluding hydrogens is 340 g/mol. The van der Waals surface area contributed by atoms with Crippen molar-refractivity contribution < 1.29 is 24.0 Å². The number of nitrogens with zero attached hydrogens (tertiary/aromatic N) is 2. The molecule has 2 aromatic rings. The molecule has 0 N–H and O–H groups in total. The highest BCUT2D eigenvalue weighted by Crippen LogP contribution is 2.22. The van der Waals surface area contributed by atoms with Crippen LogP contribution in [-0.4, -0.2) is 24.0 Å². The van der Waals surface area contributed by atoms with Gasteiger partial charge in [-0.3, -0.25) is 10.1 Å². The summed E-state index contributed by atoms with van der Waals surface area (Å²) in [5, 5.41) is 20.0. The van der Waals surface area contributed by atoms with Gasteiger partial charge >= 0.3 is 11.9 Å². The molecule has 0 aliphatic heterocycles. The summed E-state index contributed by atoms with van der Waals surface area (Å²) >= 11 is 0. The Kier molecular flexibility index (Phi) is 5.79. The standard InChI is InChI=1S/C18H12N2O6/c1-25-17(21)13(11-19)9-12-5-4-6-14(10-12)26-18(22)15-7-2-3-8-16(15)20(23)24/h2-10H,1H3/b13-9+. The molecule has 0 fully saturated rings. The molecule has 2 rings (SSSR count). The lowest BCUT2D eigenvalue weighted by molar-refractivity contribution is -0.385. The van der Waals surface area contributed by atoms with E-state index in [1.807, 2.05) is 0 Å². The highest BCUT2D eigenvalue weighted by Gasteiger charge is 2.21. The Bertz CT molecular complexity index is 943. The first-order chi connectivity index (χ1) is 12.5. The second-order valence-corrected chi connectivity index (χ2v) is 4.90. The fourth-order valence-corrected chi connectivity index (χ4v) is 2.05. The third-order valence-electron chi connectivity index (χ3n) is 3.23. The summed E-state index contributed by atoms with van der Waals surface area (Å²) in [7, 11) is 1.15. The molecule has 0 amide bonds. The highest BCUT2D eigenvalue weighted by atomic mass is 16.6. The Hall–Kier alpha value is -3.99. The maximum atomic E-state index is 12.2. The zero-order valence-corrected chi connectivity index (χ0v) is 13.5. The van der Waals surface area contributed by atoms with E-state index in [0.717, 1.165) is 7.11 Å². The number of methoxy groups -OCH3 is 1. The third kappa shape index (κ3) is 4.30. The van der Waals surface area contributed by atoms with Crippen LogP contribution in [0.1, 0.15) is 15.9 Å². The Morgan fingerprint density at radius 3 is 2.58 bits per heavy atom. The molecule has 0 unspecified atom stereocenters. The molecule has 0 radical (unpaired) electrons. The highest BCUT2D eigenvalue weighted by molar-refractivity contribution is 5.98. The lowest BCUT2D eigenvalue weighted by atomic mass is 10.1. The molecule has 0 aliphatic rings. The molecule has 0 saturated carbocycles. The number of carbonyl (C=O) groups excluding carboxylic acids is 2. The van der Waals surface area contributed by atoms with Gasteiger partial charge in [0.15, 0.2) is 0 Å². The predicted octanol–water partition coefficient (Wildman–Crippen LogP) is 2.89. The van der Waals surface area contributed by atoms with E-state index in [9.17, 15) is 19.7 Å². The molecule has 26 heavy (non-hydrogen) atoms. The van der Waals surface area contributed by atoms with Gasteiger partial charge in [0.1, 0.15) is 23.0 Å². The second kappa shape index (κ2) is 8.21. The minimum atomic E-state index is -0.896. The molecule has 2 aromatic carbocycles. The van der Waals surface area contributed by atoms with Crippen molar-refractivity contribution in [2.75, 3.05) is 7.11 Å². The molecular formula is C18H12N2O6. The fraction of sp³-hybridized carbons (Fsp3) is 0.0556. The van der Waals surface area contributed by atoms with Crippen molar-refractivity contribution in [2.45, 2.75) is 0 Å². The number of nitro groups is 1. The van der Waals surface area contributed by atoms with Gasteiger partial charge in [-0.25, -0.2) is 9.59 Å². The summed E-state index contributed by atoms with van der Waals surface area (Å²) in [6.45, 7) is 0. The molecule has 130 valence electrons. The number of esters is 2. The first-order valence-corrected chi connectivity index (χ1v) is 7.22. The molecule has 0 saturated heterocycles. The third-order valence-corrected chi connectivity index (χ3v) is 3.23. The van der Waals surface area contributed by atoms with E-state index in [2.05, 4.69) is 4.74 Å². The van der Waals surface area contributed by atoms with Crippen LogP contribution in [0.25, 0.3) is 6.08 Å². The van der Waals surface area contributed by atoms with E-state index in [1.165, 1.54) is 42.5 Å². The van der Waals surface area contributed by atoms with Gasteiger partial charge in [-0.05, 0) is 29.8 Å². The zero-order valence-electron chi connectivity index (χ0n) is 13.5. The smallest absolute Gasteiger partial charge is 0.350 e. The Morgan fingerprint density at radius 2 is 1.92 bits per heavy atom. The molecule has 8 heteroatoms. The van der Waals surface area contributed by atoms with E-state index in [0.29, 0.717) is 5.56 Å². The van der Waals surface area contributed by atoms with Crippen LogP contribution in [-0.2, 0) is 9.53 Å². The van der Waals surface area contributed by atoms with E-state index >= 15 is 0 Å². The molecule has 0 spiro atoms. The summed E-state index contributed by atoms with van der Waals surface area (Å²) in [5.41, 5.74) is -0.369. The number of ether oxygens (including phenoxy) is 2. The Morgan fingerprint density at radius 1 is 1.19 bits per heavy atom. The van der Waals surface area contributed by atoms with Crippen molar-refractivity contribution >= 4 is 23.7 Å². The monoisotopic (exact) mass is 352 g/mol. The number of nitriles is 1. The van der Waals surface area contributed by atoms with E-state index in [-0.39, 0.29) is 22.6 Å². The van der Waals surface area contributed by atoms with Crippen molar-refractivity contribution in [3.05, 3.63) is 75.3 Å². The quantitative estimate of drug-likeness (QED) is 0.203. The molecule has 0 heterocycles. The SMILES string of the molecule is COC(=O)/C(C#N)=C/c1cccc(OC(=O)c2ccccc2[N+](=O)[O-])c1. The maximum Gasteiger partial charge on any atom is 0.350 e. The van der Waals surface area contributed by atoms with Crippen LogP contribution >= 0.6 is 0 Å². The van der Waals surface area contributed by atoms with Crippen LogP contribution in [0, 0.1) is 21.4 Å². The van der Waals surface area contributed by atoms with Crippen LogP contribution in [0.15, 0.2) is 54.1 Å². The average Bonchev–Trinajstić information content (AvgIpc) is 2.65. The van der Waals surface area contributed by atoms with E-state index < -0.39 is 16.9 Å². The van der Waals surface area contributed by atoms with Gasteiger partial charge in [0.2, 0.25) is 0 Å². The number of hydrogen-bond acceptors (Lipinski definition) is 7. The molecule has 8 nitrogen and oxygen atoms in total. The maximum absolute atomic E-state index is 12.2. The minimum Gasteiger partial charge on any atom is -0.465 e. The van der Waals surface area contributed by atoms with Crippen molar-refractivity contribution in [3.63, 3.8) is 0 Å². The average molecular weight is 352 g/mol. The summed E-state index contributed by atoms with van der Waals surface area (Å²) in [6, 6.07) is 13.1. The van der Waals surface area contributed by atoms with Gasteiger partial charge in [-0.2, -0.15) is 5.26 Å². The number of hydrogen-bond donors (Lipinski definition) is 0. The summed E-state index contributed by atoms with van der Waals surface area (Å²) in [4.78, 5) is 34.0. The van der Waals surface area contributed by atoms with Gasteiger partial charge in [0.25, 0.3) is 5.69 Å². The van der Waals surface area contributed by atoms with Crippen LogP contribution in [0.4, 0.5) is 5.69 Å². The lowest BCUT2D eigenvalue weighted by Gasteiger charge is -2.06. The van der Waals surface area contributed by atoms with Gasteiger partial charge in [-0.1, -0.05) is 24.3 Å². The van der Waals surface area contributed by atoms with Gasteiger partial charge < -0.3 is 9.47 Å². The van der Waals surface area contributed by atoms with Crippen LogP contribution in [0.5, 0.6) is 5.75 Å². The fourth-order valence-electron chi connectivity index (χ4n) is 2.05. The number of benzene rings is 2. The summed E-state index contributed by atoms with van der Waals surface area (Å²) < 4.78 is 9.65. The molecule has 0 bridgehead atoms. The van der Waals surface area contributed by atoms with Crippen LogP contribution < -0.4 is 4.74 Å². The number of rotatable bonds is 5. The van der Waals surface area contributed by atoms with Crippen molar-refractivity contribution in [1.29, 1.82) is 5.26 Å². The minimum absolute atomic E-state index is 0.101. The van der Waals surface area contributed by atoms with Gasteiger partial charge in [0.05, 0.1) is 12.0 Å². The predicted molar refractivity (Wildman–Crippen MR) is 90.1 cm³/mol. The molecule has 0 atom stereocenters. The first-order valence-electron chi connectivity index (χ1n) is 7.22. The second-order valence-electron chi connectivity index (χ2n) is 4.90. The summed E-state index contributed by atoms with van der Waals surface area (Å²) in [5.74, 6) is -1.59. The van der Waals surface area contributed by atoms with Gasteiger partial charge in [0, 0.05) is 6.07 Å². The first kappa shape index (κ1) is 18.4. The Labute approximate surface area is 148 Å². The lowest BCUT2D eigenvalue weighted by Crippen LogP contribution is -2.11. The number of carbonyl (C=O) groups is 2. The normalized spacial score (nSPS) is 10.5. The number of para-hydroxylation sites is 1. The largest absolute Gasteiger partial charge is 0.465 e. The van der Waals surface area contributed by atoms with Crippen LogP contribution in [0.2, 0.25) is 0 Å². The number of nitro benzene ring substituents is 1.